The highest BCUT2D eigenvalue weighted by molar-refractivity contribution is 6.10. The number of nitrogens with zero attached hydrogens (tertiary/aromatic N) is 2. The van der Waals surface area contributed by atoms with Gasteiger partial charge in [-0.1, -0.05) is 26.0 Å². The van der Waals surface area contributed by atoms with E-state index in [1.807, 2.05) is 13.8 Å². The lowest BCUT2D eigenvalue weighted by atomic mass is 9.83. The maximum absolute atomic E-state index is 13.4. The molecule has 3 N–H and O–H groups in total. The first-order chi connectivity index (χ1) is 14.7. The molecular weight excluding hydrogens is 404 g/mol. The van der Waals surface area contributed by atoms with Crippen molar-refractivity contribution in [1.82, 2.24) is 9.80 Å². The van der Waals surface area contributed by atoms with Gasteiger partial charge in [-0.15, -0.1) is 0 Å². The highest BCUT2D eigenvalue weighted by Gasteiger charge is 2.53. The fourth-order valence-electron chi connectivity index (χ4n) is 4.61. The first kappa shape index (κ1) is 22.7. The van der Waals surface area contributed by atoms with Gasteiger partial charge < -0.3 is 20.2 Å². The van der Waals surface area contributed by atoms with Crippen molar-refractivity contribution in [1.29, 1.82) is 0 Å². The highest BCUT2D eigenvalue weighted by atomic mass is 16.4. The second kappa shape index (κ2) is 9.05. The predicted molar refractivity (Wildman–Crippen MR) is 109 cm³/mol. The van der Waals surface area contributed by atoms with Gasteiger partial charge in [-0.05, 0) is 42.9 Å². The summed E-state index contributed by atoms with van der Waals surface area (Å²) < 4.78 is 0. The van der Waals surface area contributed by atoms with Crippen molar-refractivity contribution >= 4 is 23.7 Å². The molecule has 2 aliphatic heterocycles. The zero-order valence-corrected chi connectivity index (χ0v) is 17.6. The van der Waals surface area contributed by atoms with Crippen LogP contribution < -0.4 is 0 Å². The number of rotatable bonds is 7. The second-order valence-electron chi connectivity index (χ2n) is 8.58. The Bertz CT molecular complexity index is 867. The van der Waals surface area contributed by atoms with Crippen LogP contribution in [0, 0.1) is 11.8 Å². The molecule has 0 radical (unpaired) electrons. The lowest BCUT2D eigenvalue weighted by molar-refractivity contribution is -0.156. The number of carbonyl (C=O) groups is 4. The Morgan fingerprint density at radius 1 is 1.13 bits per heavy atom. The monoisotopic (exact) mass is 432 g/mol. The van der Waals surface area contributed by atoms with Gasteiger partial charge in [0, 0.05) is 6.54 Å². The molecule has 3 amide bonds. The molecule has 2 heterocycles. The molecule has 0 bridgehead atoms. The van der Waals surface area contributed by atoms with Crippen LogP contribution in [0.4, 0.5) is 0 Å². The minimum atomic E-state index is -1.46. The van der Waals surface area contributed by atoms with Gasteiger partial charge in [0.2, 0.25) is 17.7 Å². The zero-order chi connectivity index (χ0) is 22.9. The number of aliphatic hydroxyl groups excluding tert-OH is 1. The normalized spacial score (nSPS) is 24.8. The van der Waals surface area contributed by atoms with Crippen LogP contribution in [0.15, 0.2) is 24.3 Å². The molecule has 3 unspecified atom stereocenters. The minimum Gasteiger partial charge on any atom is -0.508 e. The fourth-order valence-corrected chi connectivity index (χ4v) is 4.61. The SMILES string of the molecule is CC(C)CC1C(=O)N(C(CO)C(=O)N2CCC[C@H]2C(=O)O)C(=O)C1c1ccc(O)cc1. The largest absolute Gasteiger partial charge is 0.508 e. The van der Waals surface area contributed by atoms with Crippen LogP contribution in [-0.2, 0) is 19.2 Å². The second-order valence-corrected chi connectivity index (χ2v) is 8.58. The molecule has 1 aromatic rings. The van der Waals surface area contributed by atoms with Crippen LogP contribution >= 0.6 is 0 Å². The number of carboxylic acid groups (broad SMARTS) is 1. The summed E-state index contributed by atoms with van der Waals surface area (Å²) in [4.78, 5) is 53.2. The number of aromatic hydroxyl groups is 1. The molecule has 3 rings (SSSR count). The zero-order valence-electron chi connectivity index (χ0n) is 17.6. The summed E-state index contributed by atoms with van der Waals surface area (Å²) in [6, 6.07) is 3.50. The first-order valence-electron chi connectivity index (χ1n) is 10.5. The number of phenols is 1. The van der Waals surface area contributed by atoms with E-state index in [-0.39, 0.29) is 24.6 Å². The summed E-state index contributed by atoms with van der Waals surface area (Å²) in [5, 5.41) is 28.9. The van der Waals surface area contributed by atoms with E-state index in [0.717, 1.165) is 9.80 Å². The van der Waals surface area contributed by atoms with E-state index in [9.17, 15) is 34.5 Å². The van der Waals surface area contributed by atoms with Gasteiger partial charge in [0.1, 0.15) is 17.8 Å². The molecule has 2 fully saturated rings. The van der Waals surface area contributed by atoms with Gasteiger partial charge in [0.15, 0.2) is 0 Å². The standard InChI is InChI=1S/C22H28N2O7/c1-12(2)10-15-18(13-5-7-14(26)8-6-13)21(29)24(19(15)27)17(11-25)20(28)23-9-3-4-16(23)22(30)31/h5-8,12,15-18,25-26H,3-4,9-11H2,1-2H3,(H,30,31)/t15?,16-,17?,18?/m0/s1. The van der Waals surface area contributed by atoms with E-state index in [0.29, 0.717) is 18.4 Å². The highest BCUT2D eigenvalue weighted by Crippen LogP contribution is 2.40. The number of imide groups is 1. The molecule has 2 saturated heterocycles. The van der Waals surface area contributed by atoms with Gasteiger partial charge in [-0.3, -0.25) is 19.3 Å². The van der Waals surface area contributed by atoms with Gasteiger partial charge >= 0.3 is 5.97 Å². The van der Waals surface area contributed by atoms with Crippen LogP contribution in [-0.4, -0.2) is 74.0 Å². The van der Waals surface area contributed by atoms with Crippen molar-refractivity contribution in [3.63, 3.8) is 0 Å². The number of likely N-dealkylation sites (tertiary alicyclic amines) is 2. The lowest BCUT2D eigenvalue weighted by Gasteiger charge is -2.30. The molecule has 1 aromatic carbocycles. The molecule has 0 aromatic heterocycles. The van der Waals surface area contributed by atoms with E-state index < -0.39 is 54.2 Å². The number of amides is 3. The summed E-state index contributed by atoms with van der Waals surface area (Å²) in [6.07, 6.45) is 1.18. The number of carboxylic acids is 1. The Balaban J connectivity index is 1.95. The van der Waals surface area contributed by atoms with Crippen LogP contribution in [0.2, 0.25) is 0 Å². The Morgan fingerprint density at radius 3 is 2.32 bits per heavy atom. The third kappa shape index (κ3) is 4.27. The number of carbonyl (C=O) groups excluding carboxylic acids is 3. The lowest BCUT2D eigenvalue weighted by Crippen LogP contribution is -2.55. The molecule has 0 aliphatic carbocycles. The Morgan fingerprint density at radius 2 is 1.77 bits per heavy atom. The van der Waals surface area contributed by atoms with Gasteiger partial charge in [0.25, 0.3) is 0 Å². The van der Waals surface area contributed by atoms with Crippen LogP contribution in [0.3, 0.4) is 0 Å². The van der Waals surface area contributed by atoms with Gasteiger partial charge in [-0.2, -0.15) is 0 Å². The van der Waals surface area contributed by atoms with Crippen LogP contribution in [0.1, 0.15) is 44.6 Å². The molecule has 0 saturated carbocycles. The summed E-state index contributed by atoms with van der Waals surface area (Å²) in [7, 11) is 0. The van der Waals surface area contributed by atoms with Gasteiger partial charge in [0.05, 0.1) is 18.4 Å². The maximum atomic E-state index is 13.4. The van der Waals surface area contributed by atoms with E-state index in [2.05, 4.69) is 0 Å². The fraction of sp³-hybridized carbons (Fsp3) is 0.545. The number of benzene rings is 1. The summed E-state index contributed by atoms with van der Waals surface area (Å²) in [5.41, 5.74) is 0.540. The van der Waals surface area contributed by atoms with E-state index in [1.54, 1.807) is 12.1 Å². The van der Waals surface area contributed by atoms with Crippen molar-refractivity contribution in [3.8, 4) is 5.75 Å². The number of aliphatic hydroxyl groups is 1. The summed E-state index contributed by atoms with van der Waals surface area (Å²) in [5.74, 6) is -4.46. The van der Waals surface area contributed by atoms with Crippen molar-refractivity contribution in [2.24, 2.45) is 11.8 Å². The van der Waals surface area contributed by atoms with Gasteiger partial charge in [-0.25, -0.2) is 4.79 Å². The minimum absolute atomic E-state index is 0.0231. The van der Waals surface area contributed by atoms with Crippen LogP contribution in [0.5, 0.6) is 5.75 Å². The van der Waals surface area contributed by atoms with Crippen molar-refractivity contribution < 1.29 is 34.5 Å². The van der Waals surface area contributed by atoms with Crippen molar-refractivity contribution in [2.45, 2.75) is 51.1 Å². The Kier molecular flexibility index (Phi) is 6.64. The molecule has 0 spiro atoms. The topological polar surface area (TPSA) is 135 Å². The maximum Gasteiger partial charge on any atom is 0.326 e. The molecular formula is C22H28N2O7. The van der Waals surface area contributed by atoms with E-state index >= 15 is 0 Å². The third-order valence-electron chi connectivity index (χ3n) is 6.03. The first-order valence-corrected chi connectivity index (χ1v) is 10.5. The quantitative estimate of drug-likeness (QED) is 0.546. The average molecular weight is 432 g/mol. The number of hydrogen-bond donors (Lipinski definition) is 3. The molecule has 9 heteroatoms. The van der Waals surface area contributed by atoms with Crippen molar-refractivity contribution in [2.75, 3.05) is 13.2 Å². The number of hydrogen-bond acceptors (Lipinski definition) is 6. The summed E-state index contributed by atoms with van der Waals surface area (Å²) >= 11 is 0. The molecule has 168 valence electrons. The molecule has 9 nitrogen and oxygen atoms in total. The van der Waals surface area contributed by atoms with Crippen LogP contribution in [0.25, 0.3) is 0 Å². The number of aliphatic carboxylic acids is 1. The Hall–Kier alpha value is -2.94. The van der Waals surface area contributed by atoms with E-state index in [1.165, 1.54) is 12.1 Å². The van der Waals surface area contributed by atoms with E-state index in [4.69, 9.17) is 0 Å². The van der Waals surface area contributed by atoms with Crippen molar-refractivity contribution in [3.05, 3.63) is 29.8 Å². The molecule has 2 aliphatic rings. The number of phenolic OH excluding ortho intramolecular Hbond substituents is 1. The summed E-state index contributed by atoms with van der Waals surface area (Å²) in [6.45, 7) is 3.25. The molecule has 31 heavy (non-hydrogen) atoms. The average Bonchev–Trinajstić information content (AvgIpc) is 3.29. The third-order valence-corrected chi connectivity index (χ3v) is 6.03. The predicted octanol–water partition coefficient (Wildman–Crippen LogP) is 0.943. The smallest absolute Gasteiger partial charge is 0.326 e. The Labute approximate surface area is 180 Å². The molecule has 4 atom stereocenters.